The minimum absolute atomic E-state index is 0.176. The Labute approximate surface area is 138 Å². The molecule has 1 aromatic carbocycles. The number of benzene rings is 1. The van der Waals surface area contributed by atoms with Crippen LogP contribution >= 0.6 is 0 Å². The fourth-order valence-corrected chi connectivity index (χ4v) is 2.78. The third kappa shape index (κ3) is 4.62. The van der Waals surface area contributed by atoms with Crippen LogP contribution in [0, 0.1) is 0 Å². The summed E-state index contributed by atoms with van der Waals surface area (Å²) in [6.07, 6.45) is 0.118. The molecule has 1 saturated heterocycles. The standard InChI is InChI=1S/C18H26O5/c1-5-11-21-18-17(20-4)16(19-3)15(13(2)23-18)22-12-14-9-7-6-8-10-14/h5-10,13,15-18H,1,11-12H2,2-4H3. The lowest BCUT2D eigenvalue weighted by Crippen LogP contribution is -2.59. The van der Waals surface area contributed by atoms with E-state index in [0.717, 1.165) is 5.56 Å². The molecule has 0 radical (unpaired) electrons. The van der Waals surface area contributed by atoms with Crippen LogP contribution in [-0.2, 0) is 30.3 Å². The van der Waals surface area contributed by atoms with Crippen molar-refractivity contribution >= 4 is 0 Å². The molecule has 0 amide bonds. The lowest BCUT2D eigenvalue weighted by atomic mass is 9.99. The van der Waals surface area contributed by atoms with Gasteiger partial charge in [0.1, 0.15) is 18.3 Å². The number of hydrogen-bond donors (Lipinski definition) is 0. The van der Waals surface area contributed by atoms with E-state index in [1.807, 2.05) is 37.3 Å². The van der Waals surface area contributed by atoms with Gasteiger partial charge in [-0.05, 0) is 12.5 Å². The van der Waals surface area contributed by atoms with Gasteiger partial charge in [0.25, 0.3) is 0 Å². The van der Waals surface area contributed by atoms with E-state index in [0.29, 0.717) is 13.2 Å². The molecule has 0 saturated carbocycles. The van der Waals surface area contributed by atoms with Crippen molar-refractivity contribution in [1.29, 1.82) is 0 Å². The summed E-state index contributed by atoms with van der Waals surface area (Å²) < 4.78 is 28.8. The van der Waals surface area contributed by atoms with Gasteiger partial charge in [0.2, 0.25) is 0 Å². The van der Waals surface area contributed by atoms with Gasteiger partial charge in [0, 0.05) is 14.2 Å². The van der Waals surface area contributed by atoms with Crippen molar-refractivity contribution in [2.24, 2.45) is 0 Å². The predicted molar refractivity (Wildman–Crippen MR) is 87.1 cm³/mol. The zero-order chi connectivity index (χ0) is 16.7. The summed E-state index contributed by atoms with van der Waals surface area (Å²) in [5, 5.41) is 0. The summed E-state index contributed by atoms with van der Waals surface area (Å²) in [4.78, 5) is 0. The van der Waals surface area contributed by atoms with Crippen LogP contribution in [0.5, 0.6) is 0 Å². The van der Waals surface area contributed by atoms with Gasteiger partial charge < -0.3 is 23.7 Å². The molecule has 1 aliphatic rings. The number of ether oxygens (including phenoxy) is 5. The first-order valence-electron chi connectivity index (χ1n) is 7.80. The Morgan fingerprint density at radius 2 is 1.74 bits per heavy atom. The molecular formula is C18H26O5. The molecule has 0 aromatic heterocycles. The molecule has 1 fully saturated rings. The first-order valence-corrected chi connectivity index (χ1v) is 7.80. The van der Waals surface area contributed by atoms with E-state index in [2.05, 4.69) is 6.58 Å². The fraction of sp³-hybridized carbons (Fsp3) is 0.556. The molecule has 0 aliphatic carbocycles. The van der Waals surface area contributed by atoms with Crippen LogP contribution in [0.1, 0.15) is 12.5 Å². The van der Waals surface area contributed by atoms with Crippen molar-refractivity contribution in [3.05, 3.63) is 48.6 Å². The molecule has 23 heavy (non-hydrogen) atoms. The van der Waals surface area contributed by atoms with Gasteiger partial charge in [0.05, 0.1) is 19.3 Å². The number of rotatable bonds is 8. The van der Waals surface area contributed by atoms with Gasteiger partial charge in [-0.3, -0.25) is 0 Å². The average molecular weight is 322 g/mol. The van der Waals surface area contributed by atoms with Crippen LogP contribution in [0.4, 0.5) is 0 Å². The van der Waals surface area contributed by atoms with Crippen LogP contribution in [-0.4, -0.2) is 51.5 Å². The molecule has 128 valence electrons. The predicted octanol–water partition coefficient (Wildman–Crippen LogP) is 2.55. The monoisotopic (exact) mass is 322 g/mol. The topological polar surface area (TPSA) is 46.2 Å². The van der Waals surface area contributed by atoms with E-state index in [1.165, 1.54) is 0 Å². The molecule has 0 bridgehead atoms. The second-order valence-electron chi connectivity index (χ2n) is 5.49. The highest BCUT2D eigenvalue weighted by atomic mass is 16.7. The molecule has 5 nitrogen and oxygen atoms in total. The summed E-state index contributed by atoms with van der Waals surface area (Å²) in [6.45, 7) is 6.50. The van der Waals surface area contributed by atoms with Gasteiger partial charge in [-0.2, -0.15) is 0 Å². The van der Waals surface area contributed by atoms with Crippen molar-refractivity contribution in [3.63, 3.8) is 0 Å². The van der Waals surface area contributed by atoms with E-state index in [-0.39, 0.29) is 24.4 Å². The third-order valence-corrected chi connectivity index (χ3v) is 3.94. The molecule has 0 N–H and O–H groups in total. The number of methoxy groups -OCH3 is 2. The highest BCUT2D eigenvalue weighted by molar-refractivity contribution is 5.13. The first-order chi connectivity index (χ1) is 11.2. The minimum atomic E-state index is -0.505. The molecule has 1 aliphatic heterocycles. The van der Waals surface area contributed by atoms with Gasteiger partial charge in [-0.25, -0.2) is 0 Å². The van der Waals surface area contributed by atoms with Crippen molar-refractivity contribution in [1.82, 2.24) is 0 Å². The van der Waals surface area contributed by atoms with Crippen LogP contribution in [0.3, 0.4) is 0 Å². The Hall–Kier alpha value is -1.24. The maximum atomic E-state index is 6.06. The summed E-state index contributed by atoms with van der Waals surface area (Å²) in [5.41, 5.74) is 1.11. The molecule has 1 aromatic rings. The number of hydrogen-bond acceptors (Lipinski definition) is 5. The van der Waals surface area contributed by atoms with Gasteiger partial charge in [-0.1, -0.05) is 36.4 Å². The maximum absolute atomic E-state index is 6.06. The lowest BCUT2D eigenvalue weighted by Gasteiger charge is -2.44. The van der Waals surface area contributed by atoms with Crippen LogP contribution in [0.15, 0.2) is 43.0 Å². The van der Waals surface area contributed by atoms with E-state index in [4.69, 9.17) is 23.7 Å². The zero-order valence-corrected chi connectivity index (χ0v) is 14.0. The SMILES string of the molecule is C=CCOC1OC(C)C(OCc2ccccc2)C(OC)C1OC. The molecule has 5 heteroatoms. The van der Waals surface area contributed by atoms with Crippen molar-refractivity contribution in [2.75, 3.05) is 20.8 Å². The Bertz CT molecular complexity index is 464. The first kappa shape index (κ1) is 18.1. The molecule has 0 spiro atoms. The Balaban J connectivity index is 2.04. The van der Waals surface area contributed by atoms with E-state index in [9.17, 15) is 0 Å². The van der Waals surface area contributed by atoms with Crippen molar-refractivity contribution in [3.8, 4) is 0 Å². The minimum Gasteiger partial charge on any atom is -0.376 e. The summed E-state index contributed by atoms with van der Waals surface area (Å²) in [5.74, 6) is 0. The van der Waals surface area contributed by atoms with E-state index < -0.39 is 6.29 Å². The normalized spacial score (nSPS) is 31.0. The Kier molecular flexibility index (Phi) is 7.20. The van der Waals surface area contributed by atoms with Crippen molar-refractivity contribution in [2.45, 2.75) is 44.2 Å². The third-order valence-electron chi connectivity index (χ3n) is 3.94. The van der Waals surface area contributed by atoms with E-state index in [1.54, 1.807) is 20.3 Å². The fourth-order valence-electron chi connectivity index (χ4n) is 2.78. The molecule has 1 heterocycles. The van der Waals surface area contributed by atoms with Crippen LogP contribution < -0.4 is 0 Å². The largest absolute Gasteiger partial charge is 0.376 e. The second-order valence-corrected chi connectivity index (χ2v) is 5.49. The molecular weight excluding hydrogens is 296 g/mol. The van der Waals surface area contributed by atoms with Crippen LogP contribution in [0.2, 0.25) is 0 Å². The molecule has 2 rings (SSSR count). The average Bonchev–Trinajstić information content (AvgIpc) is 2.59. The highest BCUT2D eigenvalue weighted by Crippen LogP contribution is 2.28. The van der Waals surface area contributed by atoms with Gasteiger partial charge in [-0.15, -0.1) is 6.58 Å². The Morgan fingerprint density at radius 1 is 1.04 bits per heavy atom. The van der Waals surface area contributed by atoms with Gasteiger partial charge in [0.15, 0.2) is 6.29 Å². The quantitative estimate of drug-likeness (QED) is 0.688. The smallest absolute Gasteiger partial charge is 0.187 e. The lowest BCUT2D eigenvalue weighted by molar-refractivity contribution is -0.307. The Morgan fingerprint density at radius 3 is 2.35 bits per heavy atom. The van der Waals surface area contributed by atoms with E-state index >= 15 is 0 Å². The van der Waals surface area contributed by atoms with Gasteiger partial charge >= 0.3 is 0 Å². The zero-order valence-electron chi connectivity index (χ0n) is 14.0. The second kappa shape index (κ2) is 9.15. The summed E-state index contributed by atoms with van der Waals surface area (Å²) >= 11 is 0. The summed E-state index contributed by atoms with van der Waals surface area (Å²) in [6, 6.07) is 10.0. The van der Waals surface area contributed by atoms with Crippen LogP contribution in [0.25, 0.3) is 0 Å². The van der Waals surface area contributed by atoms with Crippen molar-refractivity contribution < 1.29 is 23.7 Å². The molecule has 5 atom stereocenters. The molecule has 5 unspecified atom stereocenters. The maximum Gasteiger partial charge on any atom is 0.187 e. The summed E-state index contributed by atoms with van der Waals surface area (Å²) in [7, 11) is 3.27. The highest BCUT2D eigenvalue weighted by Gasteiger charge is 2.46.